The molecular weight excluding hydrogens is 1120 g/mol. The van der Waals surface area contributed by atoms with Crippen molar-refractivity contribution < 1.29 is 91.3 Å². The van der Waals surface area contributed by atoms with Gasteiger partial charge in [-0.2, -0.15) is 52.7 Å². The molecule has 0 saturated heterocycles. The van der Waals surface area contributed by atoms with Crippen molar-refractivity contribution >= 4 is 36.4 Å². The van der Waals surface area contributed by atoms with Crippen LogP contribution in [-0.4, -0.2) is 108 Å². The van der Waals surface area contributed by atoms with E-state index in [1.807, 2.05) is 42.5 Å². The molecule has 83 heavy (non-hydrogen) atoms. The molecule has 2 fully saturated rings. The molecule has 450 valence electrons. The van der Waals surface area contributed by atoms with Crippen LogP contribution in [0.4, 0.5) is 52.7 Å². The number of aliphatic carboxylic acids is 1. The summed E-state index contributed by atoms with van der Waals surface area (Å²) in [4.78, 5) is 66.0. The van der Waals surface area contributed by atoms with E-state index < -0.39 is 87.0 Å². The van der Waals surface area contributed by atoms with Gasteiger partial charge in [0.2, 0.25) is 17.7 Å². The molecule has 0 bridgehead atoms. The first-order chi connectivity index (χ1) is 38.8. The van der Waals surface area contributed by atoms with Gasteiger partial charge in [0, 0.05) is 17.9 Å². The fourth-order valence-electron chi connectivity index (χ4n) is 11.4. The predicted molar refractivity (Wildman–Crippen MR) is 277 cm³/mol. The van der Waals surface area contributed by atoms with E-state index >= 15 is 0 Å². The quantitative estimate of drug-likeness (QED) is 0.0811. The number of carbonyl (C=O) groups excluding carboxylic acids is 3. The number of benzene rings is 4. The first-order valence-corrected chi connectivity index (χ1v) is 26.4. The molecule has 0 radical (unpaired) electrons. The topological polar surface area (TPSA) is 151 Å². The molecular formula is C58H61F12N5O8. The van der Waals surface area contributed by atoms with Crippen molar-refractivity contribution in [2.75, 3.05) is 40.5 Å². The lowest BCUT2D eigenvalue weighted by atomic mass is 9.63. The summed E-state index contributed by atoms with van der Waals surface area (Å²) in [6.07, 6.45) is -16.8. The summed E-state index contributed by atoms with van der Waals surface area (Å²) in [7, 11) is 2.83. The van der Waals surface area contributed by atoms with Gasteiger partial charge in [0.25, 0.3) is 0 Å². The number of aliphatic imine (C=N–C) groups is 2. The smallest absolute Gasteiger partial charge is 0.416 e. The number of hydrogen-bond acceptors (Lipinski definition) is 9. The summed E-state index contributed by atoms with van der Waals surface area (Å²) in [6, 6.07) is 21.2. The first-order valence-electron chi connectivity index (χ1n) is 26.4. The van der Waals surface area contributed by atoms with E-state index in [1.54, 1.807) is 18.2 Å². The molecule has 2 heterocycles. The fourth-order valence-corrected chi connectivity index (χ4v) is 11.4. The van der Waals surface area contributed by atoms with Gasteiger partial charge < -0.3 is 14.6 Å². The summed E-state index contributed by atoms with van der Waals surface area (Å²) in [5.74, 6) is -1.95. The van der Waals surface area contributed by atoms with Crippen molar-refractivity contribution in [3.63, 3.8) is 0 Å². The van der Waals surface area contributed by atoms with Crippen molar-refractivity contribution in [3.8, 4) is 0 Å². The first kappa shape index (κ1) is 63.7. The minimum absolute atomic E-state index is 0.0141. The normalized spacial score (nSPS) is 23.9. The third-order valence-electron chi connectivity index (χ3n) is 16.4. The lowest BCUT2D eigenvalue weighted by Gasteiger charge is -2.50. The third kappa shape index (κ3) is 14.7. The summed E-state index contributed by atoms with van der Waals surface area (Å²) in [5.41, 5.74) is -7.75. The molecule has 3 amide bonds. The average molecular weight is 1180 g/mol. The highest BCUT2D eigenvalue weighted by Crippen LogP contribution is 2.51. The Labute approximate surface area is 470 Å². The van der Waals surface area contributed by atoms with Crippen LogP contribution >= 0.6 is 0 Å². The second kappa shape index (κ2) is 24.8. The Morgan fingerprint density at radius 3 is 1.16 bits per heavy atom. The highest BCUT2D eigenvalue weighted by atomic mass is 19.4. The molecule has 0 unspecified atom stereocenters. The number of nitrogens with zero attached hydrogens (tertiary/aromatic N) is 5. The van der Waals surface area contributed by atoms with E-state index in [2.05, 4.69) is 9.98 Å². The zero-order chi connectivity index (χ0) is 61.0. The van der Waals surface area contributed by atoms with Gasteiger partial charge in [-0.1, -0.05) is 60.7 Å². The van der Waals surface area contributed by atoms with Gasteiger partial charge in [0.05, 0.1) is 91.4 Å². The standard InChI is InChI=1S/C30H33F6N3O4.C28H28F6N2O4/c1-20(21-13-23(29(31,32)33)15-24(14-21)30(34,35)36)43-18-27(22-7-5-4-6-8-22)9-11-28(12-10-27,16-25(40)38(2)42-3)39-19-37-17-26(39)41;1-18(19-11-21(27(29,30)31)13-22(12-19)28(32,33)34)40-16-25(20-5-3-2-4-6-20)7-9-26(10-8-25,14-24(38)39)36-17-35-15-23(36)37/h4-8,13-15,19-20H,9-12,16-18H2,1-3H3;2-6,11-13,17-18H,7-10,14-16H2,1H3,(H,38,39)/t20-,27?,28?;18-,25?,26?/m11/s1. The largest absolute Gasteiger partial charge is 0.481 e. The van der Waals surface area contributed by atoms with Crippen molar-refractivity contribution in [2.45, 2.75) is 137 Å². The SMILES string of the molecule is CON(C)C(=O)CC1(N2C=NCC2=O)CCC(CO[C@H](C)c2cc(C(F)(F)F)cc(C(F)(F)F)c2)(c2ccccc2)CC1.C[C@@H](OCC1(c2ccccc2)CCC(CC(=O)O)(N2C=NCC2=O)CC1)c1cc(C(F)(F)F)cc(C(F)(F)F)c1. The van der Waals surface area contributed by atoms with Crippen molar-refractivity contribution in [1.29, 1.82) is 0 Å². The second-order valence-corrected chi connectivity index (χ2v) is 21.6. The van der Waals surface area contributed by atoms with Crippen LogP contribution in [0.2, 0.25) is 0 Å². The number of amides is 3. The van der Waals surface area contributed by atoms with Crippen LogP contribution in [0.5, 0.6) is 0 Å². The minimum atomic E-state index is -4.98. The highest BCUT2D eigenvalue weighted by molar-refractivity contribution is 5.96. The van der Waals surface area contributed by atoms with E-state index in [-0.39, 0.29) is 93.0 Å². The van der Waals surface area contributed by atoms with E-state index in [0.717, 1.165) is 16.2 Å². The number of rotatable bonds is 17. The molecule has 4 aromatic carbocycles. The van der Waals surface area contributed by atoms with Crippen LogP contribution in [0.1, 0.15) is 135 Å². The molecule has 1 N–H and O–H groups in total. The number of carboxylic acid groups (broad SMARTS) is 1. The van der Waals surface area contributed by atoms with E-state index in [9.17, 15) is 77.0 Å². The van der Waals surface area contributed by atoms with Crippen LogP contribution in [0, 0.1) is 0 Å². The maximum Gasteiger partial charge on any atom is 0.416 e. The Morgan fingerprint density at radius 2 is 0.880 bits per heavy atom. The number of hydroxylamine groups is 2. The molecule has 13 nitrogen and oxygen atoms in total. The van der Waals surface area contributed by atoms with Gasteiger partial charge in [-0.05, 0) is 124 Å². The number of carboxylic acids is 1. The summed E-state index contributed by atoms with van der Waals surface area (Å²) >= 11 is 0. The monoisotopic (exact) mass is 1180 g/mol. The Bertz CT molecular complexity index is 2940. The van der Waals surface area contributed by atoms with Crippen LogP contribution in [0.3, 0.4) is 0 Å². The molecule has 2 atom stereocenters. The van der Waals surface area contributed by atoms with Crippen molar-refractivity contribution in [1.82, 2.24) is 14.9 Å². The van der Waals surface area contributed by atoms with Gasteiger partial charge in [0.15, 0.2) is 0 Å². The Morgan fingerprint density at radius 1 is 0.554 bits per heavy atom. The third-order valence-corrected chi connectivity index (χ3v) is 16.4. The van der Waals surface area contributed by atoms with E-state index in [0.29, 0.717) is 62.8 Å². The van der Waals surface area contributed by atoms with Crippen LogP contribution in [0.15, 0.2) is 107 Å². The molecule has 2 aliphatic carbocycles. The number of carbonyl (C=O) groups is 4. The zero-order valence-electron chi connectivity index (χ0n) is 45.5. The zero-order valence-corrected chi connectivity index (χ0v) is 45.5. The maximum absolute atomic E-state index is 13.5. The second-order valence-electron chi connectivity index (χ2n) is 21.6. The van der Waals surface area contributed by atoms with Gasteiger partial charge in [-0.15, -0.1) is 0 Å². The summed E-state index contributed by atoms with van der Waals surface area (Å²) in [5, 5.41) is 10.7. The summed E-state index contributed by atoms with van der Waals surface area (Å²) in [6.45, 7) is 2.66. The molecule has 25 heteroatoms. The molecule has 8 rings (SSSR count). The highest BCUT2D eigenvalue weighted by Gasteiger charge is 2.52. The maximum atomic E-state index is 13.5. The number of alkyl halides is 12. The molecule has 4 aliphatic rings. The van der Waals surface area contributed by atoms with Crippen molar-refractivity contribution in [2.24, 2.45) is 9.98 Å². The molecule has 0 aromatic heterocycles. The molecule has 0 spiro atoms. The van der Waals surface area contributed by atoms with E-state index in [1.165, 1.54) is 50.5 Å². The Hall–Kier alpha value is -6.86. The van der Waals surface area contributed by atoms with Crippen LogP contribution in [0.25, 0.3) is 0 Å². The van der Waals surface area contributed by atoms with Gasteiger partial charge in [0.1, 0.15) is 13.1 Å². The number of hydrogen-bond donors (Lipinski definition) is 1. The Balaban J connectivity index is 0.000000239. The van der Waals surface area contributed by atoms with Gasteiger partial charge in [-0.25, -0.2) is 5.06 Å². The minimum Gasteiger partial charge on any atom is -0.481 e. The van der Waals surface area contributed by atoms with Gasteiger partial charge >= 0.3 is 30.7 Å². The van der Waals surface area contributed by atoms with Gasteiger partial charge in [-0.3, -0.25) is 43.8 Å². The fraction of sp³-hybridized carbons (Fsp3) is 0.483. The predicted octanol–water partition coefficient (Wildman–Crippen LogP) is 12.7. The van der Waals surface area contributed by atoms with Crippen molar-refractivity contribution in [3.05, 3.63) is 142 Å². The van der Waals surface area contributed by atoms with E-state index in [4.69, 9.17) is 14.3 Å². The lowest BCUT2D eigenvalue weighted by molar-refractivity contribution is -0.172. The molecule has 2 aliphatic heterocycles. The van der Waals surface area contributed by atoms with Crippen LogP contribution in [-0.2, 0) is 69.0 Å². The number of ether oxygens (including phenoxy) is 2. The summed E-state index contributed by atoms with van der Waals surface area (Å²) < 4.78 is 173. The molecule has 2 saturated carbocycles. The molecule has 4 aromatic rings. The lowest BCUT2D eigenvalue weighted by Crippen LogP contribution is -2.56. The van der Waals surface area contributed by atoms with Crippen LogP contribution < -0.4 is 0 Å². The Kier molecular flexibility index (Phi) is 19.0. The average Bonchev–Trinajstić information content (AvgIpc) is 4.25. The number of halogens is 12.